The van der Waals surface area contributed by atoms with Gasteiger partial charge in [-0.25, -0.2) is 0 Å². The summed E-state index contributed by atoms with van der Waals surface area (Å²) in [5, 5.41) is 4.26. The Morgan fingerprint density at radius 3 is 2.58 bits per heavy atom. The van der Waals surface area contributed by atoms with Crippen LogP contribution in [0.2, 0.25) is 5.02 Å². The van der Waals surface area contributed by atoms with Gasteiger partial charge < -0.3 is 15.0 Å². The van der Waals surface area contributed by atoms with Crippen LogP contribution in [-0.2, 0) is 6.54 Å². The highest BCUT2D eigenvalue weighted by atomic mass is 79.9. The number of ether oxygens (including phenoxy) is 1. The molecule has 0 spiro atoms. The first-order chi connectivity index (χ1) is 12.6. The molecule has 1 aliphatic rings. The predicted octanol–water partition coefficient (Wildman–Crippen LogP) is 6.87. The molecule has 0 aromatic heterocycles. The summed E-state index contributed by atoms with van der Waals surface area (Å²) in [4.78, 5) is 2.38. The zero-order chi connectivity index (χ0) is 18.5. The Morgan fingerprint density at radius 2 is 1.88 bits per heavy atom. The van der Waals surface area contributed by atoms with Gasteiger partial charge in [0.25, 0.3) is 0 Å². The van der Waals surface area contributed by atoms with Gasteiger partial charge in [-0.05, 0) is 72.4 Å². The zero-order valence-electron chi connectivity index (χ0n) is 14.8. The van der Waals surface area contributed by atoms with Crippen LogP contribution in [0.25, 0.3) is 0 Å². The summed E-state index contributed by atoms with van der Waals surface area (Å²) >= 11 is 13.7. The molecule has 140 valence electrons. The first-order valence-corrected chi connectivity index (χ1v) is 10.9. The van der Waals surface area contributed by atoms with Crippen LogP contribution in [0, 0.1) is 0 Å². The Bertz CT molecular complexity index is 764. The minimum atomic E-state index is 0.629. The Hall–Kier alpha value is -0.910. The number of benzene rings is 2. The van der Waals surface area contributed by atoms with E-state index in [0.717, 1.165) is 49.7 Å². The quantitative estimate of drug-likeness (QED) is 0.467. The lowest BCUT2D eigenvalue weighted by Crippen LogP contribution is -2.29. The molecule has 0 aliphatic carbocycles. The van der Waals surface area contributed by atoms with Gasteiger partial charge in [-0.15, -0.1) is 0 Å². The summed E-state index contributed by atoms with van der Waals surface area (Å²) < 4.78 is 7.76. The maximum absolute atomic E-state index is 6.55. The van der Waals surface area contributed by atoms with Gasteiger partial charge in [-0.2, -0.15) is 0 Å². The van der Waals surface area contributed by atoms with Crippen LogP contribution in [0.1, 0.15) is 31.7 Å². The van der Waals surface area contributed by atoms with Crippen molar-refractivity contribution in [2.75, 3.05) is 29.9 Å². The molecular formula is C20H23Br2ClN2O. The van der Waals surface area contributed by atoms with Crippen molar-refractivity contribution >= 4 is 54.8 Å². The zero-order valence-corrected chi connectivity index (χ0v) is 18.8. The van der Waals surface area contributed by atoms with Crippen molar-refractivity contribution < 1.29 is 4.74 Å². The molecule has 3 rings (SSSR count). The fraction of sp³-hybridized carbons (Fsp3) is 0.400. The summed E-state index contributed by atoms with van der Waals surface area (Å²) in [5.41, 5.74) is 3.23. The van der Waals surface area contributed by atoms with Gasteiger partial charge in [0.1, 0.15) is 5.75 Å². The van der Waals surface area contributed by atoms with Crippen LogP contribution >= 0.6 is 43.5 Å². The SMILES string of the molecule is CCOc1c(Br)cc(Br)cc1CNc1ccc(N2CCCCC2)c(Cl)c1. The lowest BCUT2D eigenvalue weighted by Gasteiger charge is -2.29. The molecule has 26 heavy (non-hydrogen) atoms. The highest BCUT2D eigenvalue weighted by molar-refractivity contribution is 9.11. The third-order valence-corrected chi connectivity index (χ3v) is 5.85. The Morgan fingerprint density at radius 1 is 1.12 bits per heavy atom. The van der Waals surface area contributed by atoms with E-state index in [1.54, 1.807) is 0 Å². The Labute approximate surface area is 177 Å². The van der Waals surface area contributed by atoms with E-state index >= 15 is 0 Å². The van der Waals surface area contributed by atoms with E-state index in [-0.39, 0.29) is 0 Å². The number of piperidine rings is 1. The van der Waals surface area contributed by atoms with Gasteiger partial charge >= 0.3 is 0 Å². The average Bonchev–Trinajstić information content (AvgIpc) is 2.63. The van der Waals surface area contributed by atoms with Gasteiger partial charge in [-0.3, -0.25) is 0 Å². The van der Waals surface area contributed by atoms with Crippen LogP contribution in [0.5, 0.6) is 5.75 Å². The second kappa shape index (κ2) is 9.34. The van der Waals surface area contributed by atoms with E-state index in [0.29, 0.717) is 13.2 Å². The highest BCUT2D eigenvalue weighted by Crippen LogP contribution is 2.34. The van der Waals surface area contributed by atoms with Crippen molar-refractivity contribution in [1.82, 2.24) is 0 Å². The van der Waals surface area contributed by atoms with E-state index < -0.39 is 0 Å². The number of anilines is 2. The van der Waals surface area contributed by atoms with Gasteiger partial charge in [0.2, 0.25) is 0 Å². The first kappa shape index (κ1) is 19.8. The first-order valence-electron chi connectivity index (χ1n) is 8.97. The molecule has 0 radical (unpaired) electrons. The lowest BCUT2D eigenvalue weighted by molar-refractivity contribution is 0.334. The van der Waals surface area contributed by atoms with Gasteiger partial charge in [0.15, 0.2) is 0 Å². The minimum absolute atomic E-state index is 0.629. The molecule has 1 heterocycles. The summed E-state index contributed by atoms with van der Waals surface area (Å²) in [5.74, 6) is 0.874. The molecule has 6 heteroatoms. The van der Waals surface area contributed by atoms with Crippen molar-refractivity contribution in [1.29, 1.82) is 0 Å². The van der Waals surface area contributed by atoms with E-state index in [1.165, 1.54) is 19.3 Å². The molecule has 0 atom stereocenters. The Balaban J connectivity index is 1.73. The van der Waals surface area contributed by atoms with E-state index in [9.17, 15) is 0 Å². The molecule has 1 saturated heterocycles. The van der Waals surface area contributed by atoms with Crippen LogP contribution in [0.4, 0.5) is 11.4 Å². The predicted molar refractivity (Wildman–Crippen MR) is 118 cm³/mol. The maximum atomic E-state index is 6.55. The smallest absolute Gasteiger partial charge is 0.138 e. The summed E-state index contributed by atoms with van der Waals surface area (Å²) in [6.07, 6.45) is 3.81. The third-order valence-electron chi connectivity index (χ3n) is 4.50. The molecule has 3 nitrogen and oxygen atoms in total. The van der Waals surface area contributed by atoms with E-state index in [2.05, 4.69) is 60.3 Å². The largest absolute Gasteiger partial charge is 0.492 e. The number of nitrogens with zero attached hydrogens (tertiary/aromatic N) is 1. The van der Waals surface area contributed by atoms with Crippen LogP contribution in [-0.4, -0.2) is 19.7 Å². The third kappa shape index (κ3) is 4.87. The number of halogens is 3. The maximum Gasteiger partial charge on any atom is 0.138 e. The van der Waals surface area contributed by atoms with Crippen LogP contribution in [0.15, 0.2) is 39.3 Å². The number of rotatable bonds is 6. The summed E-state index contributed by atoms with van der Waals surface area (Å²) in [7, 11) is 0. The molecule has 1 aliphatic heterocycles. The number of nitrogens with one attached hydrogen (secondary N) is 1. The van der Waals surface area contributed by atoms with Crippen LogP contribution < -0.4 is 15.0 Å². The van der Waals surface area contributed by atoms with Crippen molar-refractivity contribution in [3.63, 3.8) is 0 Å². The molecule has 1 fully saturated rings. The topological polar surface area (TPSA) is 24.5 Å². The van der Waals surface area contributed by atoms with Crippen molar-refractivity contribution in [2.24, 2.45) is 0 Å². The highest BCUT2D eigenvalue weighted by Gasteiger charge is 2.14. The molecular weight excluding hydrogens is 479 g/mol. The normalized spacial score (nSPS) is 14.4. The summed E-state index contributed by atoms with van der Waals surface area (Å²) in [6.45, 7) is 5.47. The van der Waals surface area contributed by atoms with Crippen molar-refractivity contribution in [3.05, 3.63) is 49.9 Å². The fourth-order valence-electron chi connectivity index (χ4n) is 3.26. The molecule has 0 bridgehead atoms. The minimum Gasteiger partial charge on any atom is -0.492 e. The van der Waals surface area contributed by atoms with Crippen molar-refractivity contribution in [3.8, 4) is 5.75 Å². The molecule has 2 aromatic carbocycles. The number of hydrogen-bond acceptors (Lipinski definition) is 3. The average molecular weight is 503 g/mol. The second-order valence-electron chi connectivity index (χ2n) is 6.38. The van der Waals surface area contributed by atoms with Crippen molar-refractivity contribution in [2.45, 2.75) is 32.7 Å². The van der Waals surface area contributed by atoms with Gasteiger partial charge in [0, 0.05) is 35.4 Å². The standard InChI is InChI=1S/C20H23Br2ClN2O/c1-2-26-20-14(10-15(21)11-17(20)22)13-24-16-6-7-19(18(23)12-16)25-8-4-3-5-9-25/h6-7,10-12,24H,2-5,8-9,13H2,1H3. The molecule has 1 N–H and O–H groups in total. The van der Waals surface area contributed by atoms with E-state index in [1.807, 2.05) is 19.1 Å². The van der Waals surface area contributed by atoms with E-state index in [4.69, 9.17) is 16.3 Å². The van der Waals surface area contributed by atoms with Crippen LogP contribution in [0.3, 0.4) is 0 Å². The lowest BCUT2D eigenvalue weighted by atomic mass is 10.1. The molecule has 2 aromatic rings. The Kier molecular flexibility index (Phi) is 7.12. The monoisotopic (exact) mass is 500 g/mol. The molecule has 0 amide bonds. The number of hydrogen-bond donors (Lipinski definition) is 1. The fourth-order valence-corrected chi connectivity index (χ4v) is 4.98. The summed E-state index contributed by atoms with van der Waals surface area (Å²) in [6, 6.07) is 10.3. The second-order valence-corrected chi connectivity index (χ2v) is 8.55. The molecule has 0 saturated carbocycles. The van der Waals surface area contributed by atoms with Gasteiger partial charge in [0.05, 0.1) is 21.8 Å². The molecule has 0 unspecified atom stereocenters. The van der Waals surface area contributed by atoms with Gasteiger partial charge in [-0.1, -0.05) is 27.5 Å².